The Hall–Kier alpha value is -2.11. The zero-order valence-electron chi connectivity index (χ0n) is 17.2. The second kappa shape index (κ2) is 8.94. The first-order valence-corrected chi connectivity index (χ1v) is 12.6. The minimum absolute atomic E-state index is 0.0498. The molecule has 0 saturated heterocycles. The fraction of sp³-hybridized carbons (Fsp3) is 0.440. The Morgan fingerprint density at radius 3 is 2.57 bits per heavy atom. The number of aliphatic hydroxyl groups excluding tert-OH is 1. The summed E-state index contributed by atoms with van der Waals surface area (Å²) in [5.74, 6) is 0.933. The summed E-state index contributed by atoms with van der Waals surface area (Å²) in [5.41, 5.74) is 3.14. The molecule has 0 aromatic heterocycles. The van der Waals surface area contributed by atoms with Crippen LogP contribution in [0.1, 0.15) is 61.1 Å². The second-order valence-electron chi connectivity index (χ2n) is 8.68. The third kappa shape index (κ3) is 4.62. The Morgan fingerprint density at radius 2 is 1.77 bits per heavy atom. The molecule has 0 heterocycles. The number of hydrogen-bond acceptors (Lipinski definition) is 4. The van der Waals surface area contributed by atoms with Gasteiger partial charge in [0.25, 0.3) is 0 Å². The van der Waals surface area contributed by atoms with Crippen LogP contribution in [0.4, 0.5) is 0 Å². The van der Waals surface area contributed by atoms with Gasteiger partial charge in [0.05, 0.1) is 16.8 Å². The molecule has 5 heteroatoms. The van der Waals surface area contributed by atoms with Crippen molar-refractivity contribution in [2.24, 2.45) is 5.92 Å². The van der Waals surface area contributed by atoms with Crippen molar-refractivity contribution in [3.8, 4) is 5.75 Å². The highest BCUT2D eigenvalue weighted by Crippen LogP contribution is 2.40. The van der Waals surface area contributed by atoms with E-state index in [4.69, 9.17) is 0 Å². The molecule has 160 valence electrons. The topological polar surface area (TPSA) is 74.6 Å². The molecule has 0 radical (unpaired) electrons. The first-order chi connectivity index (χ1) is 14.4. The molecule has 2 N–H and O–H groups in total. The summed E-state index contributed by atoms with van der Waals surface area (Å²) in [5, 5.41) is 20.5. The molecule has 4 nitrogen and oxygen atoms in total. The van der Waals surface area contributed by atoms with Gasteiger partial charge in [0.2, 0.25) is 0 Å². The summed E-state index contributed by atoms with van der Waals surface area (Å²) >= 11 is 0. The van der Waals surface area contributed by atoms with Gasteiger partial charge in [-0.05, 0) is 67.3 Å². The number of rotatable bonds is 6. The van der Waals surface area contributed by atoms with Crippen molar-refractivity contribution >= 4 is 15.9 Å². The van der Waals surface area contributed by atoms with Crippen LogP contribution in [0.5, 0.6) is 5.75 Å². The minimum Gasteiger partial charge on any atom is -0.508 e. The van der Waals surface area contributed by atoms with Gasteiger partial charge in [-0.25, -0.2) is 8.42 Å². The average molecular weight is 427 g/mol. The summed E-state index contributed by atoms with van der Waals surface area (Å²) < 4.78 is 25.3. The maximum Gasteiger partial charge on any atom is 0.178 e. The van der Waals surface area contributed by atoms with Crippen molar-refractivity contribution in [2.45, 2.75) is 61.9 Å². The van der Waals surface area contributed by atoms with Crippen molar-refractivity contribution in [3.05, 3.63) is 65.2 Å². The van der Waals surface area contributed by atoms with E-state index >= 15 is 0 Å². The number of benzene rings is 2. The van der Waals surface area contributed by atoms with Crippen LogP contribution in [0.25, 0.3) is 6.08 Å². The number of fused-ring (bicyclic) bond motifs is 1. The number of hydrogen-bond donors (Lipinski definition) is 2. The predicted octanol–water partition coefficient (Wildman–Crippen LogP) is 4.85. The fourth-order valence-electron chi connectivity index (χ4n) is 4.85. The van der Waals surface area contributed by atoms with Gasteiger partial charge in [0.1, 0.15) is 5.75 Å². The zero-order chi connectivity index (χ0) is 21.1. The molecule has 0 spiro atoms. The van der Waals surface area contributed by atoms with Crippen LogP contribution in [-0.2, 0) is 16.3 Å². The molecule has 3 atom stereocenters. The summed E-state index contributed by atoms with van der Waals surface area (Å²) in [6, 6.07) is 12.3. The Labute approximate surface area is 179 Å². The van der Waals surface area contributed by atoms with E-state index in [9.17, 15) is 18.6 Å². The number of allylic oxidation sites excluding steroid dienone is 1. The van der Waals surface area contributed by atoms with Gasteiger partial charge in [-0.1, -0.05) is 49.3 Å². The van der Waals surface area contributed by atoms with Crippen LogP contribution >= 0.6 is 0 Å². The van der Waals surface area contributed by atoms with Gasteiger partial charge in [0, 0.05) is 11.5 Å². The van der Waals surface area contributed by atoms with E-state index in [2.05, 4.69) is 12.2 Å². The van der Waals surface area contributed by atoms with Crippen LogP contribution in [0.15, 0.2) is 53.4 Å². The van der Waals surface area contributed by atoms with Crippen LogP contribution in [0, 0.1) is 5.92 Å². The van der Waals surface area contributed by atoms with Crippen LogP contribution < -0.4 is 0 Å². The molecule has 3 unspecified atom stereocenters. The largest absolute Gasteiger partial charge is 0.508 e. The number of aliphatic hydroxyl groups is 1. The van der Waals surface area contributed by atoms with Crippen LogP contribution in [0.3, 0.4) is 0 Å². The molecular formula is C25H30O4S. The van der Waals surface area contributed by atoms with Gasteiger partial charge in [-0.3, -0.25) is 0 Å². The predicted molar refractivity (Wildman–Crippen MR) is 119 cm³/mol. The summed E-state index contributed by atoms with van der Waals surface area (Å²) in [4.78, 5) is 0.370. The van der Waals surface area contributed by atoms with E-state index < -0.39 is 9.84 Å². The molecule has 4 rings (SSSR count). The smallest absolute Gasteiger partial charge is 0.178 e. The van der Waals surface area contributed by atoms with Gasteiger partial charge in [-0.15, -0.1) is 0 Å². The number of aromatic hydroxyl groups is 1. The van der Waals surface area contributed by atoms with Gasteiger partial charge >= 0.3 is 0 Å². The second-order valence-corrected chi connectivity index (χ2v) is 10.8. The Bertz CT molecular complexity index is 1010. The first-order valence-electron chi connectivity index (χ1n) is 10.9. The van der Waals surface area contributed by atoms with Crippen molar-refractivity contribution in [1.29, 1.82) is 0 Å². The number of sulfone groups is 1. The molecule has 1 saturated carbocycles. The lowest BCUT2D eigenvalue weighted by molar-refractivity contribution is 0.156. The average Bonchev–Trinajstić information content (AvgIpc) is 3.04. The molecule has 0 amide bonds. The molecule has 2 aliphatic rings. The quantitative estimate of drug-likeness (QED) is 0.648. The monoisotopic (exact) mass is 426 g/mol. The fourth-order valence-corrected chi connectivity index (χ4v) is 6.23. The van der Waals surface area contributed by atoms with E-state index in [1.807, 2.05) is 12.1 Å². The van der Waals surface area contributed by atoms with E-state index in [1.54, 1.807) is 30.3 Å². The third-order valence-corrected chi connectivity index (χ3v) is 8.37. The summed E-state index contributed by atoms with van der Waals surface area (Å²) in [6.07, 6.45) is 10.0. The SMILES string of the molecule is O=S(=O)(CCC1C=Cc2c1ccc(O)c2CC1CCCC(O)CC1)c1ccccc1. The Balaban J connectivity index is 1.49. The molecule has 0 aliphatic heterocycles. The van der Waals surface area contributed by atoms with E-state index in [-0.39, 0.29) is 17.8 Å². The maximum absolute atomic E-state index is 12.7. The molecular weight excluding hydrogens is 396 g/mol. The van der Waals surface area contributed by atoms with Crippen molar-refractivity contribution in [3.63, 3.8) is 0 Å². The first kappa shape index (κ1) is 21.1. The molecule has 2 aromatic rings. The molecule has 0 bridgehead atoms. The lowest BCUT2D eigenvalue weighted by atomic mass is 9.87. The molecule has 30 heavy (non-hydrogen) atoms. The highest BCUT2D eigenvalue weighted by Gasteiger charge is 2.26. The highest BCUT2D eigenvalue weighted by atomic mass is 32.2. The van der Waals surface area contributed by atoms with Gasteiger partial charge in [-0.2, -0.15) is 0 Å². The van der Waals surface area contributed by atoms with E-state index in [0.717, 1.165) is 55.2 Å². The van der Waals surface area contributed by atoms with Gasteiger partial charge in [0.15, 0.2) is 9.84 Å². The van der Waals surface area contributed by atoms with Gasteiger partial charge < -0.3 is 10.2 Å². The van der Waals surface area contributed by atoms with Crippen LogP contribution in [-0.4, -0.2) is 30.5 Å². The van der Waals surface area contributed by atoms with E-state index in [0.29, 0.717) is 23.0 Å². The van der Waals surface area contributed by atoms with E-state index in [1.165, 1.54) is 0 Å². The Morgan fingerprint density at radius 1 is 0.967 bits per heavy atom. The van der Waals surface area contributed by atoms with Crippen molar-refractivity contribution in [1.82, 2.24) is 0 Å². The standard InChI is InChI=1S/C25H30O4S/c26-20-6-4-5-18(9-11-20)17-24-23-12-10-19(22(23)13-14-25(24)27)15-16-30(28,29)21-7-2-1-3-8-21/h1-3,7-8,10,12-14,18-20,26-27H,4-6,9,11,15-17H2. The Kier molecular flexibility index (Phi) is 6.30. The van der Waals surface area contributed by atoms with Crippen molar-refractivity contribution in [2.75, 3.05) is 5.75 Å². The molecule has 2 aliphatic carbocycles. The van der Waals surface area contributed by atoms with Crippen LogP contribution in [0.2, 0.25) is 0 Å². The van der Waals surface area contributed by atoms with Crippen molar-refractivity contribution < 1.29 is 18.6 Å². The lowest BCUT2D eigenvalue weighted by Gasteiger charge is -2.19. The minimum atomic E-state index is -3.31. The summed E-state index contributed by atoms with van der Waals surface area (Å²) in [6.45, 7) is 0. The third-order valence-electron chi connectivity index (χ3n) is 6.61. The maximum atomic E-state index is 12.7. The number of phenolic OH excluding ortho intramolecular Hbond substituents is 1. The summed E-state index contributed by atoms with van der Waals surface area (Å²) in [7, 11) is -3.31. The lowest BCUT2D eigenvalue weighted by Crippen LogP contribution is -2.10. The molecule has 2 aromatic carbocycles. The number of phenols is 1. The highest BCUT2D eigenvalue weighted by molar-refractivity contribution is 7.91. The zero-order valence-corrected chi connectivity index (χ0v) is 18.0. The normalized spacial score (nSPS) is 23.8. The molecule has 1 fully saturated rings.